The molecule has 2 rings (SSSR count). The molecule has 2 aromatic carbocycles. The molecular weight excluding hydrogens is 255 g/mol. The summed E-state index contributed by atoms with van der Waals surface area (Å²) < 4.78 is 42.5. The predicted octanol–water partition coefficient (Wildman–Crippen LogP) is 3.80. The van der Waals surface area contributed by atoms with Crippen LogP contribution in [0.1, 0.15) is 18.0 Å². The highest BCUT2D eigenvalue weighted by atomic mass is 19.4. The lowest BCUT2D eigenvalue weighted by Crippen LogP contribution is -2.20. The number of hydrogen-bond acceptors (Lipinski definition) is 2. The summed E-state index contributed by atoms with van der Waals surface area (Å²) >= 11 is 0. The zero-order chi connectivity index (χ0) is 14.0. The summed E-state index contributed by atoms with van der Waals surface area (Å²) in [5.41, 5.74) is 6.16. The largest absolute Gasteiger partial charge is 0.496 e. The maximum Gasteiger partial charge on any atom is 0.390 e. The molecule has 0 saturated carbocycles. The predicted molar refractivity (Wildman–Crippen MR) is 68.1 cm³/mol. The van der Waals surface area contributed by atoms with Crippen LogP contribution in [0.2, 0.25) is 0 Å². The summed E-state index contributed by atoms with van der Waals surface area (Å²) in [7, 11) is 1.52. The van der Waals surface area contributed by atoms with Gasteiger partial charge in [-0.1, -0.05) is 30.3 Å². The summed E-state index contributed by atoms with van der Waals surface area (Å²) in [5, 5.41) is 1.46. The molecule has 5 heteroatoms. The zero-order valence-corrected chi connectivity index (χ0v) is 10.4. The summed E-state index contributed by atoms with van der Waals surface area (Å²) in [6.07, 6.45) is -5.32. The standard InChI is InChI=1S/C14H14F3NO/c1-19-13-7-6-10(12(18)8-14(15,16)17)9-4-2-3-5-11(9)13/h2-7,12H,8,18H2,1H3/t12-/m0/s1. The second-order valence-corrected chi connectivity index (χ2v) is 4.33. The van der Waals surface area contributed by atoms with E-state index in [0.717, 1.165) is 5.39 Å². The van der Waals surface area contributed by atoms with Gasteiger partial charge in [-0.3, -0.25) is 0 Å². The Hall–Kier alpha value is -1.75. The van der Waals surface area contributed by atoms with Gasteiger partial charge < -0.3 is 10.5 Å². The molecule has 0 aliphatic rings. The van der Waals surface area contributed by atoms with Gasteiger partial charge in [0.25, 0.3) is 0 Å². The molecule has 0 heterocycles. The van der Waals surface area contributed by atoms with Gasteiger partial charge in [0.05, 0.1) is 13.5 Å². The van der Waals surface area contributed by atoms with Crippen molar-refractivity contribution in [2.24, 2.45) is 5.73 Å². The van der Waals surface area contributed by atoms with Crippen molar-refractivity contribution in [3.05, 3.63) is 42.0 Å². The molecule has 0 radical (unpaired) electrons. The van der Waals surface area contributed by atoms with Crippen LogP contribution in [0.15, 0.2) is 36.4 Å². The van der Waals surface area contributed by atoms with Gasteiger partial charge >= 0.3 is 6.18 Å². The Morgan fingerprint density at radius 2 is 1.74 bits per heavy atom. The van der Waals surface area contributed by atoms with E-state index in [2.05, 4.69) is 0 Å². The molecule has 0 aromatic heterocycles. The van der Waals surface area contributed by atoms with Crippen molar-refractivity contribution < 1.29 is 17.9 Å². The van der Waals surface area contributed by atoms with Gasteiger partial charge in [0.1, 0.15) is 5.75 Å². The summed E-state index contributed by atoms with van der Waals surface area (Å²) in [6, 6.07) is 9.30. The Balaban J connectivity index is 2.50. The van der Waals surface area contributed by atoms with Crippen molar-refractivity contribution in [2.45, 2.75) is 18.6 Å². The number of ether oxygens (including phenoxy) is 1. The Kier molecular flexibility index (Phi) is 3.66. The maximum absolute atomic E-state index is 12.4. The quantitative estimate of drug-likeness (QED) is 0.919. The molecule has 19 heavy (non-hydrogen) atoms. The van der Waals surface area contributed by atoms with Crippen molar-refractivity contribution in [1.29, 1.82) is 0 Å². The number of alkyl halides is 3. The van der Waals surface area contributed by atoms with Gasteiger partial charge in [-0.15, -0.1) is 0 Å². The van der Waals surface area contributed by atoms with Crippen molar-refractivity contribution >= 4 is 10.8 Å². The van der Waals surface area contributed by atoms with Crippen LogP contribution in [0.5, 0.6) is 5.75 Å². The van der Waals surface area contributed by atoms with E-state index in [0.29, 0.717) is 16.7 Å². The SMILES string of the molecule is COc1ccc([C@@H](N)CC(F)(F)F)c2ccccc12. The number of fused-ring (bicyclic) bond motifs is 1. The molecule has 2 aromatic rings. The lowest BCUT2D eigenvalue weighted by Gasteiger charge is -2.17. The van der Waals surface area contributed by atoms with Crippen LogP contribution in [-0.2, 0) is 0 Å². The monoisotopic (exact) mass is 269 g/mol. The molecule has 102 valence electrons. The minimum atomic E-state index is -4.28. The average molecular weight is 269 g/mol. The third-order valence-corrected chi connectivity index (χ3v) is 2.99. The molecule has 1 atom stereocenters. The third-order valence-electron chi connectivity index (χ3n) is 2.99. The number of methoxy groups -OCH3 is 1. The minimum Gasteiger partial charge on any atom is -0.496 e. The molecule has 0 fully saturated rings. The molecule has 0 bridgehead atoms. The van der Waals surface area contributed by atoms with E-state index in [1.165, 1.54) is 7.11 Å². The maximum atomic E-state index is 12.4. The van der Waals surface area contributed by atoms with Gasteiger partial charge in [0, 0.05) is 11.4 Å². The lowest BCUT2D eigenvalue weighted by atomic mass is 9.96. The van der Waals surface area contributed by atoms with E-state index < -0.39 is 18.6 Å². The molecule has 0 aliphatic heterocycles. The fraction of sp³-hybridized carbons (Fsp3) is 0.286. The Labute approximate surface area is 109 Å². The van der Waals surface area contributed by atoms with E-state index in [9.17, 15) is 13.2 Å². The van der Waals surface area contributed by atoms with Crippen LogP contribution >= 0.6 is 0 Å². The number of benzene rings is 2. The smallest absolute Gasteiger partial charge is 0.390 e. The molecule has 2 N–H and O–H groups in total. The minimum absolute atomic E-state index is 0.480. The highest BCUT2D eigenvalue weighted by Gasteiger charge is 2.31. The number of rotatable bonds is 3. The number of halogens is 3. The molecule has 2 nitrogen and oxygen atoms in total. The van der Waals surface area contributed by atoms with Crippen LogP contribution < -0.4 is 10.5 Å². The van der Waals surface area contributed by atoms with Gasteiger partial charge in [-0.25, -0.2) is 0 Å². The van der Waals surface area contributed by atoms with Gasteiger partial charge in [-0.2, -0.15) is 13.2 Å². The highest BCUT2D eigenvalue weighted by molar-refractivity contribution is 5.91. The first-order chi connectivity index (χ1) is 8.92. The molecular formula is C14H14F3NO. The second kappa shape index (κ2) is 5.09. The molecule has 0 spiro atoms. The topological polar surface area (TPSA) is 35.2 Å². The van der Waals surface area contributed by atoms with Crippen molar-refractivity contribution in [2.75, 3.05) is 7.11 Å². The van der Waals surface area contributed by atoms with Gasteiger partial charge in [0.2, 0.25) is 0 Å². The van der Waals surface area contributed by atoms with E-state index in [4.69, 9.17) is 10.5 Å². The van der Waals surface area contributed by atoms with E-state index in [1.54, 1.807) is 30.3 Å². The lowest BCUT2D eigenvalue weighted by molar-refractivity contribution is -0.138. The van der Waals surface area contributed by atoms with Crippen LogP contribution in [0, 0.1) is 0 Å². The van der Waals surface area contributed by atoms with Gasteiger partial charge in [0.15, 0.2) is 0 Å². The van der Waals surface area contributed by atoms with Crippen LogP contribution in [0.3, 0.4) is 0 Å². The average Bonchev–Trinajstić information content (AvgIpc) is 2.35. The Morgan fingerprint density at radius 1 is 1.11 bits per heavy atom. The summed E-state index contributed by atoms with van der Waals surface area (Å²) in [5.74, 6) is 0.624. The summed E-state index contributed by atoms with van der Waals surface area (Å²) in [6.45, 7) is 0. The first-order valence-electron chi connectivity index (χ1n) is 5.80. The summed E-state index contributed by atoms with van der Waals surface area (Å²) in [4.78, 5) is 0. The van der Waals surface area contributed by atoms with Crippen molar-refractivity contribution in [3.63, 3.8) is 0 Å². The van der Waals surface area contributed by atoms with Crippen molar-refractivity contribution in [3.8, 4) is 5.75 Å². The van der Waals surface area contributed by atoms with Crippen molar-refractivity contribution in [1.82, 2.24) is 0 Å². The number of hydrogen-bond donors (Lipinski definition) is 1. The molecule has 0 saturated heterocycles. The van der Waals surface area contributed by atoms with E-state index in [1.807, 2.05) is 6.07 Å². The molecule has 0 unspecified atom stereocenters. The van der Waals surface area contributed by atoms with Crippen LogP contribution in [-0.4, -0.2) is 13.3 Å². The first kappa shape index (κ1) is 13.7. The fourth-order valence-corrected chi connectivity index (χ4v) is 2.16. The Morgan fingerprint density at radius 3 is 2.32 bits per heavy atom. The third kappa shape index (κ3) is 2.98. The zero-order valence-electron chi connectivity index (χ0n) is 10.4. The van der Waals surface area contributed by atoms with Crippen LogP contribution in [0.25, 0.3) is 10.8 Å². The Bertz CT molecular complexity index is 580. The normalized spacial score (nSPS) is 13.5. The fourth-order valence-electron chi connectivity index (χ4n) is 2.16. The molecule has 0 aliphatic carbocycles. The van der Waals surface area contributed by atoms with Crippen LogP contribution in [0.4, 0.5) is 13.2 Å². The second-order valence-electron chi connectivity index (χ2n) is 4.33. The van der Waals surface area contributed by atoms with E-state index >= 15 is 0 Å². The molecule has 0 amide bonds. The first-order valence-corrected chi connectivity index (χ1v) is 5.80. The van der Waals surface area contributed by atoms with E-state index in [-0.39, 0.29) is 0 Å². The van der Waals surface area contributed by atoms with Gasteiger partial charge in [-0.05, 0) is 17.0 Å². The highest BCUT2D eigenvalue weighted by Crippen LogP contribution is 2.34. The number of nitrogens with two attached hydrogens (primary N) is 1.